The summed E-state index contributed by atoms with van der Waals surface area (Å²) >= 11 is 0. The molecule has 0 aromatic carbocycles. The highest BCUT2D eigenvalue weighted by Gasteiger charge is 2.30. The molecule has 0 aliphatic carbocycles. The predicted octanol–water partition coefficient (Wildman–Crippen LogP) is 0.448. The zero-order valence-electron chi connectivity index (χ0n) is 14.2. The van der Waals surface area contributed by atoms with Crippen LogP contribution in [0, 0.1) is 0 Å². The summed E-state index contributed by atoms with van der Waals surface area (Å²) in [5.41, 5.74) is 8.34. The van der Waals surface area contributed by atoms with Gasteiger partial charge in [-0.15, -0.1) is 0 Å². The molecule has 0 fully saturated rings. The van der Waals surface area contributed by atoms with Gasteiger partial charge in [0, 0.05) is 13.5 Å². The van der Waals surface area contributed by atoms with E-state index in [-0.39, 0.29) is 18.6 Å². The van der Waals surface area contributed by atoms with Gasteiger partial charge in [-0.25, -0.2) is 9.78 Å². The maximum absolute atomic E-state index is 12.4. The number of methoxy groups -OCH3 is 1. The molecule has 0 aliphatic heterocycles. The van der Waals surface area contributed by atoms with Crippen LogP contribution in [0.1, 0.15) is 38.6 Å². The second-order valence-electron chi connectivity index (χ2n) is 5.32. The average Bonchev–Trinajstić information content (AvgIpc) is 3.05. The Kier molecular flexibility index (Phi) is 8.17. The first-order chi connectivity index (χ1) is 11.9. The van der Waals surface area contributed by atoms with Crippen molar-refractivity contribution in [1.82, 2.24) is 10.3 Å². The zero-order chi connectivity index (χ0) is 18.8. The Bertz CT molecular complexity index is 636. The van der Waals surface area contributed by atoms with Crippen molar-refractivity contribution in [2.45, 2.75) is 44.9 Å². The molecule has 1 aromatic rings. The fourth-order valence-electron chi connectivity index (χ4n) is 1.93. The standard InChI is InChI=1S/C15H20N4O6/c1-9(2)25-15(22)11(5-4-10(20)6-18-16)19-14(21)13(23-3)12-7-17-8-24-12/h6-9,11,13H,4-5H2,1-3H3,(H,19,21)/t11-,13+/m0/s1. The molecular weight excluding hydrogens is 332 g/mol. The van der Waals surface area contributed by atoms with E-state index in [1.54, 1.807) is 13.8 Å². The van der Waals surface area contributed by atoms with Crippen LogP contribution in [0.5, 0.6) is 0 Å². The van der Waals surface area contributed by atoms with Gasteiger partial charge in [-0.1, -0.05) is 0 Å². The van der Waals surface area contributed by atoms with Gasteiger partial charge in [0.05, 0.1) is 12.3 Å². The Labute approximate surface area is 144 Å². The highest BCUT2D eigenvalue weighted by molar-refractivity contribution is 6.25. The summed E-state index contributed by atoms with van der Waals surface area (Å²) in [6.07, 6.45) is 1.53. The molecule has 136 valence electrons. The van der Waals surface area contributed by atoms with Crippen molar-refractivity contribution >= 4 is 23.9 Å². The molecule has 0 spiro atoms. The van der Waals surface area contributed by atoms with Crippen LogP contribution in [0.2, 0.25) is 0 Å². The number of hydrogen-bond acceptors (Lipinski definition) is 7. The summed E-state index contributed by atoms with van der Waals surface area (Å²) in [5, 5.41) is 2.47. The Morgan fingerprint density at radius 3 is 2.68 bits per heavy atom. The van der Waals surface area contributed by atoms with Crippen molar-refractivity contribution in [2.75, 3.05) is 7.11 Å². The van der Waals surface area contributed by atoms with Gasteiger partial charge in [-0.05, 0) is 20.3 Å². The molecule has 0 saturated carbocycles. The van der Waals surface area contributed by atoms with Gasteiger partial charge in [0.25, 0.3) is 5.91 Å². The van der Waals surface area contributed by atoms with Crippen molar-refractivity contribution in [3.05, 3.63) is 23.9 Å². The van der Waals surface area contributed by atoms with E-state index in [1.165, 1.54) is 13.3 Å². The second kappa shape index (κ2) is 10.1. The monoisotopic (exact) mass is 352 g/mol. The van der Waals surface area contributed by atoms with Crippen LogP contribution >= 0.6 is 0 Å². The van der Waals surface area contributed by atoms with Crippen LogP contribution in [0.15, 0.2) is 17.0 Å². The minimum Gasteiger partial charge on any atom is -0.461 e. The molecule has 1 heterocycles. The lowest BCUT2D eigenvalue weighted by atomic mass is 10.1. The van der Waals surface area contributed by atoms with Crippen LogP contribution in [-0.4, -0.2) is 52.9 Å². The maximum Gasteiger partial charge on any atom is 0.328 e. The van der Waals surface area contributed by atoms with E-state index in [9.17, 15) is 14.4 Å². The number of oxazole rings is 1. The largest absolute Gasteiger partial charge is 0.461 e. The zero-order valence-corrected chi connectivity index (χ0v) is 14.2. The number of aromatic nitrogens is 1. The van der Waals surface area contributed by atoms with E-state index in [4.69, 9.17) is 19.4 Å². The summed E-state index contributed by atoms with van der Waals surface area (Å²) in [6, 6.07) is -1.08. The average molecular weight is 352 g/mol. The number of hydrogen-bond donors (Lipinski definition) is 1. The predicted molar refractivity (Wildman–Crippen MR) is 83.3 cm³/mol. The fourth-order valence-corrected chi connectivity index (χ4v) is 1.93. The van der Waals surface area contributed by atoms with E-state index in [2.05, 4.69) is 15.1 Å². The van der Waals surface area contributed by atoms with Gasteiger partial charge in [0.15, 0.2) is 18.3 Å². The van der Waals surface area contributed by atoms with Crippen molar-refractivity contribution < 1.29 is 33.1 Å². The van der Waals surface area contributed by atoms with E-state index < -0.39 is 35.9 Å². The van der Waals surface area contributed by atoms with Crippen LogP contribution in [0.25, 0.3) is 5.53 Å². The van der Waals surface area contributed by atoms with E-state index in [1.807, 2.05) is 0 Å². The lowest BCUT2D eigenvalue weighted by molar-refractivity contribution is -0.153. The number of Topliss-reactive ketones (excluding diaryl/α,β-unsaturated/α-hetero) is 1. The quantitative estimate of drug-likeness (QED) is 0.278. The number of carbonyl (C=O) groups excluding carboxylic acids is 3. The molecule has 1 rings (SSSR count). The smallest absolute Gasteiger partial charge is 0.328 e. The lowest BCUT2D eigenvalue weighted by Gasteiger charge is -2.20. The summed E-state index contributed by atoms with van der Waals surface area (Å²) < 4.78 is 15.2. The molecule has 1 aromatic heterocycles. The molecule has 10 nitrogen and oxygen atoms in total. The summed E-state index contributed by atoms with van der Waals surface area (Å²) in [6.45, 7) is 3.32. The first-order valence-corrected chi connectivity index (χ1v) is 7.51. The molecular formula is C15H20N4O6. The number of ether oxygens (including phenoxy) is 2. The van der Waals surface area contributed by atoms with Gasteiger partial charge < -0.3 is 24.7 Å². The number of amides is 1. The normalized spacial score (nSPS) is 12.8. The molecule has 1 N–H and O–H groups in total. The van der Waals surface area contributed by atoms with Gasteiger partial charge in [-0.3, -0.25) is 9.59 Å². The minimum atomic E-state index is -1.11. The fraction of sp³-hybridized carbons (Fsp3) is 0.533. The van der Waals surface area contributed by atoms with Crippen molar-refractivity contribution in [1.29, 1.82) is 0 Å². The number of carbonyl (C=O) groups is 3. The summed E-state index contributed by atoms with van der Waals surface area (Å²) in [7, 11) is 1.30. The molecule has 0 unspecified atom stereocenters. The number of esters is 1. The van der Waals surface area contributed by atoms with E-state index in [0.29, 0.717) is 0 Å². The lowest BCUT2D eigenvalue weighted by Crippen LogP contribution is -2.45. The van der Waals surface area contributed by atoms with Gasteiger partial charge >= 0.3 is 12.2 Å². The third-order valence-electron chi connectivity index (χ3n) is 3.02. The van der Waals surface area contributed by atoms with Crippen LogP contribution in [-0.2, 0) is 23.9 Å². The van der Waals surface area contributed by atoms with Crippen molar-refractivity contribution in [2.24, 2.45) is 0 Å². The van der Waals surface area contributed by atoms with Crippen LogP contribution < -0.4 is 5.32 Å². The number of rotatable bonds is 10. The van der Waals surface area contributed by atoms with Gasteiger partial charge in [0.1, 0.15) is 6.04 Å². The Morgan fingerprint density at radius 1 is 1.44 bits per heavy atom. The van der Waals surface area contributed by atoms with Crippen LogP contribution in [0.4, 0.5) is 0 Å². The minimum absolute atomic E-state index is 0.0328. The van der Waals surface area contributed by atoms with E-state index in [0.717, 1.165) is 12.6 Å². The topological polar surface area (TPSA) is 144 Å². The molecule has 2 atom stereocenters. The Morgan fingerprint density at radius 2 is 2.16 bits per heavy atom. The SMILES string of the molecule is CO[C@@H](C(=O)N[C@@H](CCC(=O)C=[N+]=[N-])C(=O)OC(C)C)c1cnco1. The summed E-state index contributed by atoms with van der Waals surface area (Å²) in [5.74, 6) is -1.67. The first kappa shape index (κ1) is 20.2. The molecule has 25 heavy (non-hydrogen) atoms. The molecule has 10 heteroatoms. The van der Waals surface area contributed by atoms with Crippen molar-refractivity contribution in [3.8, 4) is 0 Å². The molecule has 0 bridgehead atoms. The number of nitrogens with zero attached hydrogens (tertiary/aromatic N) is 3. The van der Waals surface area contributed by atoms with Crippen molar-refractivity contribution in [3.63, 3.8) is 0 Å². The Hall–Kier alpha value is -2.84. The van der Waals surface area contributed by atoms with Crippen LogP contribution in [0.3, 0.4) is 0 Å². The third-order valence-corrected chi connectivity index (χ3v) is 3.02. The van der Waals surface area contributed by atoms with Gasteiger partial charge in [0.2, 0.25) is 5.78 Å². The third kappa shape index (κ3) is 6.66. The Balaban J connectivity index is 2.83. The molecule has 0 radical (unpaired) electrons. The highest BCUT2D eigenvalue weighted by Crippen LogP contribution is 2.16. The maximum atomic E-state index is 12.4. The molecule has 0 aliphatic rings. The second-order valence-corrected chi connectivity index (χ2v) is 5.32. The van der Waals surface area contributed by atoms with E-state index >= 15 is 0 Å². The number of ketones is 1. The summed E-state index contributed by atoms with van der Waals surface area (Å²) in [4.78, 5) is 42.3. The molecule has 0 saturated heterocycles. The first-order valence-electron chi connectivity index (χ1n) is 7.51. The highest BCUT2D eigenvalue weighted by atomic mass is 16.5. The molecule has 1 amide bonds. The van der Waals surface area contributed by atoms with Gasteiger partial charge in [-0.2, -0.15) is 4.79 Å². The number of nitrogens with one attached hydrogen (secondary N) is 1.